The fraction of sp³-hybridized carbons (Fsp3) is 0.474. The molecule has 0 aliphatic carbocycles. The van der Waals surface area contributed by atoms with Crippen molar-refractivity contribution in [1.29, 1.82) is 0 Å². The summed E-state index contributed by atoms with van der Waals surface area (Å²) in [6.45, 7) is 3.95. The summed E-state index contributed by atoms with van der Waals surface area (Å²) in [4.78, 5) is 18.3. The quantitative estimate of drug-likeness (QED) is 0.539. The molecular weight excluding hydrogens is 422 g/mol. The smallest absolute Gasteiger partial charge is 0.250 e. The van der Waals surface area contributed by atoms with Crippen LogP contribution in [0, 0.1) is 0 Å². The lowest BCUT2D eigenvalue weighted by atomic mass is 10.2. The molecule has 1 aromatic carbocycles. The van der Waals surface area contributed by atoms with Crippen molar-refractivity contribution in [2.24, 2.45) is 5.10 Å². The van der Waals surface area contributed by atoms with E-state index in [1.165, 1.54) is 25.7 Å². The zero-order valence-corrected chi connectivity index (χ0v) is 17.5. The number of ether oxygens (including phenoxy) is 1. The number of halogens is 1. The summed E-state index contributed by atoms with van der Waals surface area (Å²) in [6, 6.07) is 5.77. The van der Waals surface area contributed by atoms with Gasteiger partial charge in [0.25, 0.3) is 0 Å². The third-order valence-electron chi connectivity index (χ3n) is 4.95. The number of rotatable bonds is 6. The molecule has 8 nitrogen and oxygen atoms in total. The van der Waals surface area contributed by atoms with E-state index in [4.69, 9.17) is 9.72 Å². The molecule has 2 fully saturated rings. The van der Waals surface area contributed by atoms with Crippen molar-refractivity contribution in [2.75, 3.05) is 48.5 Å². The van der Waals surface area contributed by atoms with E-state index in [1.54, 1.807) is 13.3 Å². The maximum absolute atomic E-state index is 5.38. The highest BCUT2D eigenvalue weighted by atomic mass is 79.9. The van der Waals surface area contributed by atoms with E-state index in [-0.39, 0.29) is 0 Å². The molecule has 0 spiro atoms. The maximum atomic E-state index is 5.38. The van der Waals surface area contributed by atoms with Crippen molar-refractivity contribution in [3.05, 3.63) is 28.2 Å². The van der Waals surface area contributed by atoms with Crippen LogP contribution >= 0.6 is 15.9 Å². The molecule has 0 bridgehead atoms. The minimum absolute atomic E-state index is 0.462. The number of benzene rings is 1. The van der Waals surface area contributed by atoms with E-state index >= 15 is 0 Å². The van der Waals surface area contributed by atoms with Gasteiger partial charge in [-0.2, -0.15) is 20.1 Å². The number of methoxy groups -OCH3 is 1. The zero-order valence-electron chi connectivity index (χ0n) is 15.9. The Kier molecular flexibility index (Phi) is 5.90. The summed E-state index contributed by atoms with van der Waals surface area (Å²) in [5, 5.41) is 4.33. The molecule has 28 heavy (non-hydrogen) atoms. The van der Waals surface area contributed by atoms with Crippen molar-refractivity contribution >= 4 is 40.0 Å². The summed E-state index contributed by atoms with van der Waals surface area (Å²) >= 11 is 3.48. The first-order chi connectivity index (χ1) is 13.7. The van der Waals surface area contributed by atoms with Gasteiger partial charge < -0.3 is 14.5 Å². The minimum atomic E-state index is 0.462. The SMILES string of the molecule is COc1ccc(Br)cc1/C=N\Nc1nc(N2CCCC2)nc(N2CCCC2)n1. The fourth-order valence-corrected chi connectivity index (χ4v) is 3.87. The second-order valence-electron chi connectivity index (χ2n) is 6.90. The first-order valence-corrected chi connectivity index (χ1v) is 10.4. The maximum Gasteiger partial charge on any atom is 0.250 e. The number of nitrogens with one attached hydrogen (secondary N) is 1. The lowest BCUT2D eigenvalue weighted by Crippen LogP contribution is -2.25. The molecule has 2 aliphatic heterocycles. The molecule has 9 heteroatoms. The third kappa shape index (κ3) is 4.35. The van der Waals surface area contributed by atoms with Crippen molar-refractivity contribution in [2.45, 2.75) is 25.7 Å². The van der Waals surface area contributed by atoms with E-state index in [9.17, 15) is 0 Å². The van der Waals surface area contributed by atoms with E-state index in [1.807, 2.05) is 18.2 Å². The molecule has 0 saturated carbocycles. The van der Waals surface area contributed by atoms with E-state index < -0.39 is 0 Å². The van der Waals surface area contributed by atoms with Gasteiger partial charge in [0.05, 0.1) is 13.3 Å². The Balaban J connectivity index is 1.57. The van der Waals surface area contributed by atoms with E-state index in [2.05, 4.69) is 46.2 Å². The van der Waals surface area contributed by atoms with Crippen LogP contribution in [0.3, 0.4) is 0 Å². The highest BCUT2D eigenvalue weighted by Gasteiger charge is 2.21. The van der Waals surface area contributed by atoms with Gasteiger partial charge in [-0.25, -0.2) is 5.43 Å². The highest BCUT2D eigenvalue weighted by molar-refractivity contribution is 9.10. The molecule has 2 aromatic rings. The van der Waals surface area contributed by atoms with Gasteiger partial charge in [0, 0.05) is 36.2 Å². The molecule has 0 unspecified atom stereocenters. The lowest BCUT2D eigenvalue weighted by Gasteiger charge is -2.20. The topological polar surface area (TPSA) is 78.8 Å². The van der Waals surface area contributed by atoms with Gasteiger partial charge in [-0.3, -0.25) is 0 Å². The van der Waals surface area contributed by atoms with Gasteiger partial charge in [0.15, 0.2) is 0 Å². The van der Waals surface area contributed by atoms with Gasteiger partial charge in [-0.15, -0.1) is 0 Å². The first kappa shape index (κ1) is 18.9. The van der Waals surface area contributed by atoms with Crippen LogP contribution in [0.1, 0.15) is 31.2 Å². The average Bonchev–Trinajstić information content (AvgIpc) is 3.42. The monoisotopic (exact) mass is 445 g/mol. The number of hydrazone groups is 1. The molecule has 0 atom stereocenters. The van der Waals surface area contributed by atoms with Crippen LogP contribution in [0.5, 0.6) is 5.75 Å². The van der Waals surface area contributed by atoms with E-state index in [0.717, 1.165) is 53.9 Å². The van der Waals surface area contributed by atoms with Crippen molar-refractivity contribution < 1.29 is 4.74 Å². The lowest BCUT2D eigenvalue weighted by molar-refractivity contribution is 0.414. The van der Waals surface area contributed by atoms with Crippen molar-refractivity contribution in [1.82, 2.24) is 15.0 Å². The van der Waals surface area contributed by atoms with Crippen LogP contribution < -0.4 is 20.0 Å². The van der Waals surface area contributed by atoms with Gasteiger partial charge in [-0.05, 0) is 43.9 Å². The summed E-state index contributed by atoms with van der Waals surface area (Å²) in [5.41, 5.74) is 3.83. The predicted octanol–water partition coefficient (Wildman–Crippen LogP) is 3.29. The largest absolute Gasteiger partial charge is 0.496 e. The molecule has 1 N–H and O–H groups in total. The van der Waals surface area contributed by atoms with Gasteiger partial charge in [0.2, 0.25) is 17.8 Å². The van der Waals surface area contributed by atoms with Gasteiger partial charge >= 0.3 is 0 Å². The number of anilines is 3. The number of hydrogen-bond donors (Lipinski definition) is 1. The van der Waals surface area contributed by atoms with Gasteiger partial charge in [0.1, 0.15) is 5.75 Å². The van der Waals surface area contributed by atoms with Crippen LogP contribution in [-0.4, -0.2) is 54.5 Å². The third-order valence-corrected chi connectivity index (χ3v) is 5.44. The second kappa shape index (κ2) is 8.72. The van der Waals surface area contributed by atoms with Crippen LogP contribution in [-0.2, 0) is 0 Å². The molecule has 0 radical (unpaired) electrons. The normalized spacial score (nSPS) is 16.9. The number of nitrogens with zero attached hydrogens (tertiary/aromatic N) is 6. The molecule has 2 aliphatic rings. The molecule has 3 heterocycles. The molecule has 2 saturated heterocycles. The molecule has 148 valence electrons. The van der Waals surface area contributed by atoms with Crippen LogP contribution in [0.2, 0.25) is 0 Å². The Labute approximate surface area is 173 Å². The zero-order chi connectivity index (χ0) is 19.3. The molecular formula is C19H24BrN7O. The Morgan fingerprint density at radius 1 is 1.00 bits per heavy atom. The van der Waals surface area contributed by atoms with Crippen LogP contribution in [0.4, 0.5) is 17.8 Å². The Bertz CT molecular complexity index is 814. The average molecular weight is 446 g/mol. The fourth-order valence-electron chi connectivity index (χ4n) is 3.49. The van der Waals surface area contributed by atoms with Crippen LogP contribution in [0.15, 0.2) is 27.8 Å². The summed E-state index contributed by atoms with van der Waals surface area (Å²) in [6.07, 6.45) is 6.41. The Hall–Kier alpha value is -2.42. The van der Waals surface area contributed by atoms with Crippen molar-refractivity contribution in [3.63, 3.8) is 0 Å². The summed E-state index contributed by atoms with van der Waals surface area (Å²) in [7, 11) is 1.64. The second-order valence-corrected chi connectivity index (χ2v) is 7.82. The van der Waals surface area contributed by atoms with Crippen molar-refractivity contribution in [3.8, 4) is 5.75 Å². The number of hydrogen-bond acceptors (Lipinski definition) is 8. The van der Waals surface area contributed by atoms with Gasteiger partial charge in [-0.1, -0.05) is 15.9 Å². The predicted molar refractivity (Wildman–Crippen MR) is 115 cm³/mol. The standard InChI is InChI=1S/C19H24BrN7O/c1-28-16-7-6-15(20)12-14(16)13-21-25-17-22-18(26-8-2-3-9-26)24-19(23-17)27-10-4-5-11-27/h6-7,12-13H,2-5,8-11H2,1H3,(H,22,23,24,25)/b21-13-. The Morgan fingerprint density at radius 3 is 2.18 bits per heavy atom. The molecule has 0 amide bonds. The molecule has 1 aromatic heterocycles. The first-order valence-electron chi connectivity index (χ1n) is 9.61. The van der Waals surface area contributed by atoms with Crippen LogP contribution in [0.25, 0.3) is 0 Å². The Morgan fingerprint density at radius 2 is 1.61 bits per heavy atom. The molecule has 4 rings (SSSR count). The van der Waals surface area contributed by atoms with E-state index in [0.29, 0.717) is 5.95 Å². The highest BCUT2D eigenvalue weighted by Crippen LogP contribution is 2.23. The summed E-state index contributed by atoms with van der Waals surface area (Å²) in [5.74, 6) is 2.67. The number of aromatic nitrogens is 3. The summed E-state index contributed by atoms with van der Waals surface area (Å²) < 4.78 is 6.34. The minimum Gasteiger partial charge on any atom is -0.496 e.